The molecule has 0 amide bonds. The molecule has 0 bridgehead atoms. The quantitative estimate of drug-likeness (QED) is 0.0596. The van der Waals surface area contributed by atoms with Crippen LogP contribution < -0.4 is 0 Å². The summed E-state index contributed by atoms with van der Waals surface area (Å²) in [5, 5.41) is 9.52. The normalized spacial score (nSPS) is 12.2. The first-order valence-corrected chi connectivity index (χ1v) is 18.6. The van der Waals surface area contributed by atoms with Crippen molar-refractivity contribution in [2.24, 2.45) is 0 Å². The summed E-state index contributed by atoms with van der Waals surface area (Å²) in [6.07, 6.45) is 38.6. The number of unbranched alkanes of at least 4 members (excludes halogenated alkanes) is 27. The van der Waals surface area contributed by atoms with E-state index < -0.39 is 6.10 Å². The number of carbonyl (C=O) groups is 1. The fraction of sp³-hybridized carbons (Fsp3) is 0.973. The van der Waals surface area contributed by atoms with Gasteiger partial charge in [-0.15, -0.1) is 0 Å². The number of hydrogen-bond acceptors (Lipinski definition) is 4. The van der Waals surface area contributed by atoms with Gasteiger partial charge in [0.05, 0.1) is 13.2 Å². The topological polar surface area (TPSA) is 55.8 Å². The van der Waals surface area contributed by atoms with Gasteiger partial charge in [0, 0.05) is 13.0 Å². The van der Waals surface area contributed by atoms with Crippen LogP contribution in [0.25, 0.3) is 0 Å². The molecule has 0 aliphatic carbocycles. The third-order valence-electron chi connectivity index (χ3n) is 8.43. The van der Waals surface area contributed by atoms with E-state index >= 15 is 0 Å². The van der Waals surface area contributed by atoms with Gasteiger partial charge in [-0.2, -0.15) is 0 Å². The Hall–Kier alpha value is -0.610. The van der Waals surface area contributed by atoms with E-state index in [1.807, 2.05) is 0 Å². The number of hydrogen-bond donors (Lipinski definition) is 1. The summed E-state index contributed by atoms with van der Waals surface area (Å²) in [4.78, 5) is 12.1. The summed E-state index contributed by atoms with van der Waals surface area (Å²) >= 11 is 0. The van der Waals surface area contributed by atoms with Crippen LogP contribution in [0.2, 0.25) is 0 Å². The summed E-state index contributed by atoms with van der Waals surface area (Å²) in [5.41, 5.74) is 0. The minimum atomic E-state index is -0.522. The molecule has 0 aliphatic heterocycles. The third kappa shape index (κ3) is 33.8. The van der Waals surface area contributed by atoms with Crippen LogP contribution in [-0.4, -0.2) is 37.0 Å². The highest BCUT2D eigenvalue weighted by Crippen LogP contribution is 2.15. The van der Waals surface area contributed by atoms with E-state index in [1.165, 1.54) is 167 Å². The summed E-state index contributed by atoms with van der Waals surface area (Å²) in [6, 6.07) is 0. The van der Waals surface area contributed by atoms with Crippen LogP contribution in [-0.2, 0) is 14.3 Å². The van der Waals surface area contributed by atoms with Gasteiger partial charge in [0.25, 0.3) is 0 Å². The lowest BCUT2D eigenvalue weighted by molar-refractivity contribution is -0.154. The number of aliphatic hydroxyl groups excluding tert-OH is 1. The zero-order valence-corrected chi connectivity index (χ0v) is 28.1. The molecule has 4 nitrogen and oxygen atoms in total. The molecule has 0 aliphatic rings. The highest BCUT2D eigenvalue weighted by Gasteiger charge is 2.13. The van der Waals surface area contributed by atoms with E-state index in [1.54, 1.807) is 0 Å². The second kappa shape index (κ2) is 35.6. The highest BCUT2D eigenvalue weighted by atomic mass is 16.6. The zero-order valence-electron chi connectivity index (χ0n) is 28.1. The number of rotatable bonds is 35. The van der Waals surface area contributed by atoms with E-state index in [4.69, 9.17) is 9.47 Å². The first kappa shape index (κ1) is 40.4. The molecule has 1 atom stereocenters. The number of ether oxygens (including phenoxy) is 2. The smallest absolute Gasteiger partial charge is 0.306 e. The zero-order chi connectivity index (χ0) is 29.9. The van der Waals surface area contributed by atoms with Crippen LogP contribution in [0.5, 0.6) is 0 Å². The first-order valence-electron chi connectivity index (χ1n) is 18.6. The van der Waals surface area contributed by atoms with Gasteiger partial charge in [-0.25, -0.2) is 0 Å². The van der Waals surface area contributed by atoms with Gasteiger partial charge in [-0.1, -0.05) is 187 Å². The second-order valence-corrected chi connectivity index (χ2v) is 12.7. The molecule has 0 aromatic carbocycles. The van der Waals surface area contributed by atoms with Crippen molar-refractivity contribution in [1.29, 1.82) is 0 Å². The maximum Gasteiger partial charge on any atom is 0.306 e. The van der Waals surface area contributed by atoms with Crippen LogP contribution >= 0.6 is 0 Å². The predicted octanol–water partition coefficient (Wildman–Crippen LogP) is 11.6. The van der Waals surface area contributed by atoms with E-state index in [0.717, 1.165) is 19.3 Å². The van der Waals surface area contributed by atoms with Crippen LogP contribution in [0.1, 0.15) is 206 Å². The second-order valence-electron chi connectivity index (χ2n) is 12.7. The van der Waals surface area contributed by atoms with Crippen molar-refractivity contribution >= 4 is 5.97 Å². The Morgan fingerprint density at radius 2 is 0.805 bits per heavy atom. The van der Waals surface area contributed by atoms with Crippen LogP contribution in [0.3, 0.4) is 0 Å². The summed E-state index contributed by atoms with van der Waals surface area (Å²) in [5.74, 6) is -0.196. The Kier molecular flexibility index (Phi) is 35.1. The third-order valence-corrected chi connectivity index (χ3v) is 8.43. The lowest BCUT2D eigenvalue weighted by atomic mass is 10.0. The van der Waals surface area contributed by atoms with Gasteiger partial charge in [0.1, 0.15) is 6.10 Å². The van der Waals surface area contributed by atoms with Gasteiger partial charge in [0.15, 0.2) is 0 Å². The van der Waals surface area contributed by atoms with Crippen LogP contribution in [0.15, 0.2) is 0 Å². The van der Waals surface area contributed by atoms with E-state index in [-0.39, 0.29) is 12.6 Å². The predicted molar refractivity (Wildman–Crippen MR) is 178 cm³/mol. The van der Waals surface area contributed by atoms with Gasteiger partial charge < -0.3 is 14.6 Å². The van der Waals surface area contributed by atoms with E-state index in [9.17, 15) is 9.90 Å². The summed E-state index contributed by atoms with van der Waals surface area (Å²) < 4.78 is 11.1. The minimum absolute atomic E-state index is 0.164. The fourth-order valence-electron chi connectivity index (χ4n) is 5.62. The summed E-state index contributed by atoms with van der Waals surface area (Å²) in [7, 11) is 0. The van der Waals surface area contributed by atoms with Gasteiger partial charge in [0.2, 0.25) is 0 Å². The molecule has 1 N–H and O–H groups in total. The molecule has 0 heterocycles. The van der Waals surface area contributed by atoms with Crippen molar-refractivity contribution in [3.8, 4) is 0 Å². The average molecular weight is 583 g/mol. The molecule has 0 spiro atoms. The average Bonchev–Trinajstić information content (AvgIpc) is 2.98. The molecular formula is C37H74O4. The fourth-order valence-corrected chi connectivity index (χ4v) is 5.62. The van der Waals surface area contributed by atoms with Gasteiger partial charge >= 0.3 is 5.97 Å². The Balaban J connectivity index is 3.34. The number of carbonyl (C=O) groups excluding carboxylic acids is 1. The van der Waals surface area contributed by atoms with Crippen molar-refractivity contribution in [3.63, 3.8) is 0 Å². The molecule has 0 aromatic rings. The molecule has 41 heavy (non-hydrogen) atoms. The van der Waals surface area contributed by atoms with Gasteiger partial charge in [-0.3, -0.25) is 4.79 Å². The molecule has 0 rings (SSSR count). The number of esters is 1. The molecule has 1 unspecified atom stereocenters. The summed E-state index contributed by atoms with van der Waals surface area (Å²) in [6.45, 7) is 5.37. The first-order chi connectivity index (χ1) is 20.2. The standard InChI is InChI=1S/C37H74O4/c1-3-5-7-9-11-13-14-15-16-17-18-19-20-21-22-23-24-26-28-30-32-37(39)41-36(34-38)35-40-33-31-29-27-25-12-10-8-6-4-2/h36,38H,3-35H2,1-2H3. The molecule has 4 heteroatoms. The van der Waals surface area contributed by atoms with Crippen molar-refractivity contribution in [2.75, 3.05) is 19.8 Å². The SMILES string of the molecule is CCCCCCCCCCCCCCCCCCCCCCC(=O)OC(CO)COCCCCCCCCCCC. The maximum atomic E-state index is 12.1. The highest BCUT2D eigenvalue weighted by molar-refractivity contribution is 5.69. The molecule has 0 fully saturated rings. The van der Waals surface area contributed by atoms with Crippen LogP contribution in [0, 0.1) is 0 Å². The van der Waals surface area contributed by atoms with E-state index in [0.29, 0.717) is 19.6 Å². The van der Waals surface area contributed by atoms with Gasteiger partial charge in [-0.05, 0) is 12.8 Å². The van der Waals surface area contributed by atoms with Crippen molar-refractivity contribution < 1.29 is 19.4 Å². The Labute approximate surface area is 257 Å². The van der Waals surface area contributed by atoms with E-state index in [2.05, 4.69) is 13.8 Å². The van der Waals surface area contributed by atoms with Crippen LogP contribution in [0.4, 0.5) is 0 Å². The Bertz CT molecular complexity index is 495. The largest absolute Gasteiger partial charge is 0.457 e. The molecule has 0 radical (unpaired) electrons. The monoisotopic (exact) mass is 583 g/mol. The molecule has 0 saturated carbocycles. The number of aliphatic hydroxyl groups is 1. The Morgan fingerprint density at radius 1 is 0.488 bits per heavy atom. The van der Waals surface area contributed by atoms with Crippen molar-refractivity contribution in [3.05, 3.63) is 0 Å². The minimum Gasteiger partial charge on any atom is -0.457 e. The lowest BCUT2D eigenvalue weighted by Gasteiger charge is -2.16. The molecule has 246 valence electrons. The lowest BCUT2D eigenvalue weighted by Crippen LogP contribution is -2.27. The molecular weight excluding hydrogens is 508 g/mol. The molecule has 0 saturated heterocycles. The molecule has 0 aromatic heterocycles. The van der Waals surface area contributed by atoms with Crippen molar-refractivity contribution in [1.82, 2.24) is 0 Å². The Morgan fingerprint density at radius 3 is 1.15 bits per heavy atom. The van der Waals surface area contributed by atoms with Crippen molar-refractivity contribution in [2.45, 2.75) is 213 Å². The maximum absolute atomic E-state index is 12.1.